The molecule has 1 aromatic rings. The quantitative estimate of drug-likeness (QED) is 0.192. The molecule has 0 amide bonds. The number of methoxy groups -OCH3 is 1. The highest BCUT2D eigenvalue weighted by atomic mass is 16.5. The number of rotatable bonds is 10. The van der Waals surface area contributed by atoms with E-state index in [1.54, 1.807) is 13.0 Å². The second-order valence-electron chi connectivity index (χ2n) is 7.56. The molecule has 1 aromatic carbocycles. The lowest BCUT2D eigenvalue weighted by Gasteiger charge is -2.13. The van der Waals surface area contributed by atoms with Crippen molar-refractivity contribution in [3.63, 3.8) is 0 Å². The molecule has 7 heteroatoms. The minimum atomic E-state index is -0.935. The topological polar surface area (TPSA) is 114 Å². The number of nitrogens with zero attached hydrogens (tertiary/aromatic N) is 1. The largest absolute Gasteiger partial charge is 0.478 e. The third kappa shape index (κ3) is 34.0. The van der Waals surface area contributed by atoms with Crippen LogP contribution in [0.25, 0.3) is 6.08 Å². The van der Waals surface area contributed by atoms with E-state index in [0.29, 0.717) is 18.1 Å². The molecule has 0 fully saturated rings. The molecular weight excluding hydrogens is 482 g/mol. The first-order valence-electron chi connectivity index (χ1n) is 12.0. The summed E-state index contributed by atoms with van der Waals surface area (Å²) in [6.45, 7) is 24.5. The van der Waals surface area contributed by atoms with Crippen molar-refractivity contribution in [1.82, 2.24) is 0 Å². The molecule has 38 heavy (non-hydrogen) atoms. The molecule has 1 atom stereocenters. The molecule has 0 aliphatic heterocycles. The van der Waals surface area contributed by atoms with E-state index in [-0.39, 0.29) is 17.5 Å². The fraction of sp³-hybridized carbons (Fsp3) is 0.355. The maximum atomic E-state index is 10.8. The predicted octanol–water partition coefficient (Wildman–Crippen LogP) is 7.34. The second kappa shape index (κ2) is 30.9. The van der Waals surface area contributed by atoms with E-state index in [1.807, 2.05) is 36.4 Å². The fourth-order valence-electron chi connectivity index (χ4n) is 1.92. The first kappa shape index (κ1) is 41.0. The maximum absolute atomic E-state index is 10.8. The molecule has 0 saturated carbocycles. The van der Waals surface area contributed by atoms with E-state index in [0.717, 1.165) is 12.8 Å². The molecule has 0 bridgehead atoms. The highest BCUT2D eigenvalue weighted by molar-refractivity contribution is 5.86. The average Bonchev–Trinajstić information content (AvgIpc) is 2.93. The Morgan fingerprint density at radius 3 is 1.79 bits per heavy atom. The van der Waals surface area contributed by atoms with Crippen molar-refractivity contribution in [2.45, 2.75) is 53.4 Å². The number of hydrogen-bond donors (Lipinski definition) is 1. The number of carbonyl (C=O) groups is 3. The monoisotopic (exact) mass is 527 g/mol. The van der Waals surface area contributed by atoms with Gasteiger partial charge in [-0.05, 0) is 31.7 Å². The Morgan fingerprint density at radius 2 is 1.55 bits per heavy atom. The van der Waals surface area contributed by atoms with Crippen molar-refractivity contribution in [3.8, 4) is 6.07 Å². The summed E-state index contributed by atoms with van der Waals surface area (Å²) in [5.74, 6) is -1.08. The number of carbonyl (C=O) groups excluding carboxylic acids is 2. The summed E-state index contributed by atoms with van der Waals surface area (Å²) >= 11 is 0. The lowest BCUT2D eigenvalue weighted by atomic mass is 10.0. The molecular formula is C31H45NO6. The van der Waals surface area contributed by atoms with E-state index in [1.165, 1.54) is 44.6 Å². The minimum Gasteiger partial charge on any atom is -0.478 e. The molecule has 0 spiro atoms. The number of esters is 2. The van der Waals surface area contributed by atoms with Crippen molar-refractivity contribution >= 4 is 24.0 Å². The Hall–Kier alpha value is -4.18. The molecule has 0 aliphatic rings. The molecule has 0 radical (unpaired) electrons. The van der Waals surface area contributed by atoms with Gasteiger partial charge in [0.15, 0.2) is 0 Å². The van der Waals surface area contributed by atoms with Crippen molar-refractivity contribution in [2.24, 2.45) is 5.92 Å². The maximum Gasteiger partial charge on any atom is 0.332 e. The van der Waals surface area contributed by atoms with Crippen LogP contribution in [-0.2, 0) is 23.9 Å². The van der Waals surface area contributed by atoms with Gasteiger partial charge >= 0.3 is 17.9 Å². The van der Waals surface area contributed by atoms with Gasteiger partial charge in [0.2, 0.25) is 0 Å². The Kier molecular flexibility index (Phi) is 33.3. The van der Waals surface area contributed by atoms with Gasteiger partial charge in [0.25, 0.3) is 0 Å². The number of aliphatic carboxylic acids is 1. The van der Waals surface area contributed by atoms with Crippen molar-refractivity contribution in [2.75, 3.05) is 13.7 Å². The van der Waals surface area contributed by atoms with E-state index >= 15 is 0 Å². The smallest absolute Gasteiger partial charge is 0.332 e. The Balaban J connectivity index is -0.000000201. The molecule has 1 N–H and O–H groups in total. The van der Waals surface area contributed by atoms with Gasteiger partial charge in [-0.3, -0.25) is 0 Å². The van der Waals surface area contributed by atoms with Gasteiger partial charge in [0.05, 0.1) is 19.8 Å². The summed E-state index contributed by atoms with van der Waals surface area (Å²) < 4.78 is 9.26. The zero-order chi connectivity index (χ0) is 30.4. The van der Waals surface area contributed by atoms with E-state index < -0.39 is 5.97 Å². The highest BCUT2D eigenvalue weighted by Gasteiger charge is 2.07. The highest BCUT2D eigenvalue weighted by Crippen LogP contribution is 2.12. The molecule has 7 nitrogen and oxygen atoms in total. The van der Waals surface area contributed by atoms with Crippen molar-refractivity contribution < 1.29 is 29.0 Å². The number of ether oxygens (including phenoxy) is 2. The van der Waals surface area contributed by atoms with Crippen LogP contribution in [0, 0.1) is 17.2 Å². The summed E-state index contributed by atoms with van der Waals surface area (Å²) in [7, 11) is 1.33. The molecule has 0 heterocycles. The lowest BCUT2D eigenvalue weighted by Crippen LogP contribution is -2.12. The van der Waals surface area contributed by atoms with Crippen LogP contribution in [-0.4, -0.2) is 36.7 Å². The summed E-state index contributed by atoms with van der Waals surface area (Å²) in [4.78, 5) is 30.6. The van der Waals surface area contributed by atoms with Gasteiger partial charge in [0.1, 0.15) is 0 Å². The standard InChI is InChI=1S/C11H20O2.C8H8.C5H8O2.C4H6O2.C3H3N/c1-4-7-8-10(5-2)9-13-11(12)6-3;1-2-8-6-4-3-5-7-8;1-4(2)5(6)7-3;1-3(2)4(5)6;1-2-3-4/h6,10H,3-5,7-9H2,1-2H3;2-7H,1H2;1H2,2-3H3;1H2,2H3,(H,5,6);2H,1H2. The van der Waals surface area contributed by atoms with E-state index in [2.05, 4.69) is 51.5 Å². The van der Waals surface area contributed by atoms with Crippen LogP contribution < -0.4 is 0 Å². The zero-order valence-corrected chi connectivity index (χ0v) is 23.7. The van der Waals surface area contributed by atoms with Gasteiger partial charge in [-0.2, -0.15) is 5.26 Å². The third-order valence-corrected chi connectivity index (χ3v) is 4.20. The van der Waals surface area contributed by atoms with Crippen LogP contribution in [0.5, 0.6) is 0 Å². The summed E-state index contributed by atoms with van der Waals surface area (Å²) in [5, 5.41) is 15.4. The van der Waals surface area contributed by atoms with Gasteiger partial charge in [0, 0.05) is 23.3 Å². The van der Waals surface area contributed by atoms with Gasteiger partial charge < -0.3 is 14.6 Å². The van der Waals surface area contributed by atoms with Crippen molar-refractivity contribution in [3.05, 3.63) is 92.1 Å². The number of nitriles is 1. The number of benzene rings is 1. The van der Waals surface area contributed by atoms with E-state index in [9.17, 15) is 14.4 Å². The first-order chi connectivity index (χ1) is 17.9. The van der Waals surface area contributed by atoms with Crippen LogP contribution >= 0.6 is 0 Å². The third-order valence-electron chi connectivity index (χ3n) is 4.20. The second-order valence-corrected chi connectivity index (χ2v) is 7.56. The van der Waals surface area contributed by atoms with Crippen LogP contribution in [0.1, 0.15) is 58.9 Å². The first-order valence-corrected chi connectivity index (χ1v) is 12.0. The Morgan fingerprint density at radius 1 is 1.05 bits per heavy atom. The normalized spacial score (nSPS) is 8.95. The van der Waals surface area contributed by atoms with E-state index in [4.69, 9.17) is 15.1 Å². The average molecular weight is 528 g/mol. The van der Waals surface area contributed by atoms with Crippen LogP contribution in [0.15, 0.2) is 86.5 Å². The molecule has 0 saturated heterocycles. The molecule has 1 rings (SSSR count). The number of allylic oxidation sites excluding steroid dienone is 1. The Bertz CT molecular complexity index is 869. The minimum absolute atomic E-state index is 0.176. The molecule has 1 unspecified atom stereocenters. The lowest BCUT2D eigenvalue weighted by molar-refractivity contribution is -0.139. The number of carboxylic acids is 1. The Labute approximate surface area is 229 Å². The SMILES string of the molecule is C=C(C)C(=O)O.C=C(C)C(=O)OC.C=CC#N.C=CC(=O)OCC(CC)CCCC.C=Cc1ccccc1. The fourth-order valence-corrected chi connectivity index (χ4v) is 1.92. The molecule has 210 valence electrons. The van der Waals surface area contributed by atoms with Gasteiger partial charge in [-0.25, -0.2) is 14.4 Å². The van der Waals surface area contributed by atoms with Gasteiger partial charge in [-0.1, -0.05) is 102 Å². The summed E-state index contributed by atoms with van der Waals surface area (Å²) in [6, 6.07) is 11.7. The number of hydrogen-bond acceptors (Lipinski definition) is 6. The van der Waals surface area contributed by atoms with Crippen LogP contribution in [0.2, 0.25) is 0 Å². The molecule has 0 aromatic heterocycles. The number of unbranched alkanes of at least 4 members (excludes halogenated alkanes) is 1. The number of carboxylic acid groups (broad SMARTS) is 1. The summed E-state index contributed by atoms with van der Waals surface area (Å²) in [6.07, 6.45) is 8.87. The summed E-state index contributed by atoms with van der Waals surface area (Å²) in [5.41, 5.74) is 1.78. The van der Waals surface area contributed by atoms with Crippen molar-refractivity contribution in [1.29, 1.82) is 5.26 Å². The van der Waals surface area contributed by atoms with Crippen LogP contribution in [0.4, 0.5) is 0 Å². The predicted molar refractivity (Wildman–Crippen MR) is 156 cm³/mol. The molecule has 0 aliphatic carbocycles. The zero-order valence-electron chi connectivity index (χ0n) is 23.7. The van der Waals surface area contributed by atoms with Gasteiger partial charge in [-0.15, -0.1) is 0 Å². The van der Waals surface area contributed by atoms with Crippen LogP contribution in [0.3, 0.4) is 0 Å².